The second-order valence-electron chi connectivity index (χ2n) is 8.40. The smallest absolute Gasteiger partial charge is 0.222 e. The Labute approximate surface area is 170 Å². The molecule has 1 aliphatic carbocycles. The summed E-state index contributed by atoms with van der Waals surface area (Å²) in [6.07, 6.45) is 6.83. The standard InChI is InChI=1S/C22H33N3O.ClH/c26-22(25-13-10-21(17-25)24-14-11-23-12-15-24)16-18-6-8-20(9-7-18)19-4-2-1-3-5-19;/h1-5,18,20-21,23H,6-17H2;1H. The lowest BCUT2D eigenvalue weighted by molar-refractivity contribution is -0.131. The van der Waals surface area contributed by atoms with E-state index < -0.39 is 0 Å². The van der Waals surface area contributed by atoms with Crippen molar-refractivity contribution in [3.8, 4) is 0 Å². The Balaban J connectivity index is 0.00000210. The number of hydrogen-bond acceptors (Lipinski definition) is 3. The van der Waals surface area contributed by atoms with Crippen molar-refractivity contribution in [2.75, 3.05) is 39.3 Å². The number of amides is 1. The monoisotopic (exact) mass is 391 g/mol. The molecule has 0 spiro atoms. The molecule has 2 heterocycles. The van der Waals surface area contributed by atoms with Gasteiger partial charge in [0, 0.05) is 51.7 Å². The van der Waals surface area contributed by atoms with Gasteiger partial charge in [0.25, 0.3) is 0 Å². The van der Waals surface area contributed by atoms with E-state index in [0.29, 0.717) is 23.8 Å². The first-order valence-electron chi connectivity index (χ1n) is 10.6. The molecule has 1 atom stereocenters. The Morgan fingerprint density at radius 2 is 1.67 bits per heavy atom. The van der Waals surface area contributed by atoms with E-state index in [1.807, 2.05) is 0 Å². The van der Waals surface area contributed by atoms with Gasteiger partial charge in [-0.2, -0.15) is 0 Å². The Morgan fingerprint density at radius 3 is 2.37 bits per heavy atom. The fraction of sp³-hybridized carbons (Fsp3) is 0.682. The van der Waals surface area contributed by atoms with Gasteiger partial charge < -0.3 is 10.2 Å². The van der Waals surface area contributed by atoms with Crippen molar-refractivity contribution in [3.05, 3.63) is 35.9 Å². The van der Waals surface area contributed by atoms with Crippen LogP contribution >= 0.6 is 12.4 Å². The summed E-state index contributed by atoms with van der Waals surface area (Å²) in [5.41, 5.74) is 1.48. The second-order valence-corrected chi connectivity index (χ2v) is 8.40. The Morgan fingerprint density at radius 1 is 0.963 bits per heavy atom. The highest BCUT2D eigenvalue weighted by molar-refractivity contribution is 5.85. The van der Waals surface area contributed by atoms with Crippen molar-refractivity contribution in [2.24, 2.45) is 5.92 Å². The molecule has 3 aliphatic rings. The van der Waals surface area contributed by atoms with Gasteiger partial charge >= 0.3 is 0 Å². The van der Waals surface area contributed by atoms with Gasteiger partial charge in [0.2, 0.25) is 5.91 Å². The SMILES string of the molecule is Cl.O=C(CC1CCC(c2ccccc2)CC1)N1CCC(N2CCNCC2)C1. The zero-order chi connectivity index (χ0) is 17.8. The highest BCUT2D eigenvalue weighted by Gasteiger charge is 2.32. The first kappa shape index (κ1) is 20.6. The van der Waals surface area contributed by atoms with Crippen molar-refractivity contribution >= 4 is 18.3 Å². The van der Waals surface area contributed by atoms with Gasteiger partial charge in [-0.3, -0.25) is 9.69 Å². The minimum atomic E-state index is 0. The molecule has 150 valence electrons. The normalized spacial score (nSPS) is 29.3. The summed E-state index contributed by atoms with van der Waals surface area (Å²) < 4.78 is 0. The van der Waals surface area contributed by atoms with Crippen LogP contribution in [0.5, 0.6) is 0 Å². The van der Waals surface area contributed by atoms with E-state index in [4.69, 9.17) is 0 Å². The van der Waals surface area contributed by atoms with Gasteiger partial charge in [0.15, 0.2) is 0 Å². The second kappa shape index (κ2) is 9.90. The van der Waals surface area contributed by atoms with Crippen molar-refractivity contribution < 1.29 is 4.79 Å². The first-order valence-corrected chi connectivity index (χ1v) is 10.6. The fourth-order valence-corrected chi connectivity index (χ4v) is 5.11. The lowest BCUT2D eigenvalue weighted by Crippen LogP contribution is -2.49. The van der Waals surface area contributed by atoms with Gasteiger partial charge in [0.1, 0.15) is 0 Å². The fourth-order valence-electron chi connectivity index (χ4n) is 5.11. The number of halogens is 1. The van der Waals surface area contributed by atoms with Gasteiger partial charge in [-0.15, -0.1) is 12.4 Å². The molecular weight excluding hydrogens is 358 g/mol. The van der Waals surface area contributed by atoms with Crippen LogP contribution in [0, 0.1) is 5.92 Å². The maximum atomic E-state index is 12.8. The highest BCUT2D eigenvalue weighted by atomic mass is 35.5. The number of carbonyl (C=O) groups is 1. The lowest BCUT2D eigenvalue weighted by atomic mass is 9.77. The summed E-state index contributed by atoms with van der Waals surface area (Å²) in [6, 6.07) is 11.5. The molecule has 27 heavy (non-hydrogen) atoms. The molecule has 5 heteroatoms. The third-order valence-corrected chi connectivity index (χ3v) is 6.77. The summed E-state index contributed by atoms with van der Waals surface area (Å²) in [4.78, 5) is 17.5. The molecule has 1 unspecified atom stereocenters. The molecule has 0 bridgehead atoms. The zero-order valence-electron chi connectivity index (χ0n) is 16.3. The number of benzene rings is 1. The molecule has 0 aromatic heterocycles. The van der Waals surface area contributed by atoms with Gasteiger partial charge in [-0.25, -0.2) is 0 Å². The van der Waals surface area contributed by atoms with Crippen molar-refractivity contribution in [1.82, 2.24) is 15.1 Å². The number of carbonyl (C=O) groups excluding carboxylic acids is 1. The summed E-state index contributed by atoms with van der Waals surface area (Å²) in [5.74, 6) is 1.71. The molecule has 4 nitrogen and oxygen atoms in total. The number of rotatable bonds is 4. The molecule has 3 fully saturated rings. The molecule has 1 saturated carbocycles. The predicted molar refractivity (Wildman–Crippen MR) is 112 cm³/mol. The number of likely N-dealkylation sites (tertiary alicyclic amines) is 1. The molecular formula is C22H34ClN3O. The molecule has 0 radical (unpaired) electrons. The van der Waals surface area contributed by atoms with Gasteiger partial charge in [-0.05, 0) is 49.5 Å². The van der Waals surface area contributed by atoms with E-state index >= 15 is 0 Å². The van der Waals surface area contributed by atoms with Crippen LogP contribution in [0.4, 0.5) is 0 Å². The summed E-state index contributed by atoms with van der Waals surface area (Å²) >= 11 is 0. The van der Waals surface area contributed by atoms with Crippen LogP contribution in [0.1, 0.15) is 50.0 Å². The molecule has 2 saturated heterocycles. The zero-order valence-corrected chi connectivity index (χ0v) is 17.1. The van der Waals surface area contributed by atoms with Crippen LogP contribution in [0.3, 0.4) is 0 Å². The Hall–Kier alpha value is -1.10. The van der Waals surface area contributed by atoms with Gasteiger partial charge in [-0.1, -0.05) is 30.3 Å². The topological polar surface area (TPSA) is 35.6 Å². The van der Waals surface area contributed by atoms with E-state index in [2.05, 4.69) is 45.4 Å². The summed E-state index contributed by atoms with van der Waals surface area (Å²) in [6.45, 7) is 6.38. The summed E-state index contributed by atoms with van der Waals surface area (Å²) in [5, 5.41) is 3.42. The Bertz CT molecular complexity index is 582. The largest absolute Gasteiger partial charge is 0.341 e. The van der Waals surface area contributed by atoms with Crippen LogP contribution in [0.25, 0.3) is 0 Å². The van der Waals surface area contributed by atoms with E-state index in [1.165, 1.54) is 31.2 Å². The van der Waals surface area contributed by atoms with Crippen LogP contribution in [-0.2, 0) is 4.79 Å². The van der Waals surface area contributed by atoms with Crippen LogP contribution in [0.2, 0.25) is 0 Å². The van der Waals surface area contributed by atoms with E-state index in [9.17, 15) is 4.79 Å². The van der Waals surface area contributed by atoms with Crippen molar-refractivity contribution in [1.29, 1.82) is 0 Å². The number of hydrogen-bond donors (Lipinski definition) is 1. The minimum Gasteiger partial charge on any atom is -0.341 e. The third-order valence-electron chi connectivity index (χ3n) is 6.77. The predicted octanol–water partition coefficient (Wildman–Crippen LogP) is 3.28. The average molecular weight is 392 g/mol. The van der Waals surface area contributed by atoms with Crippen LogP contribution in [-0.4, -0.2) is 61.0 Å². The highest BCUT2D eigenvalue weighted by Crippen LogP contribution is 2.37. The minimum absolute atomic E-state index is 0. The van der Waals surface area contributed by atoms with Gasteiger partial charge in [0.05, 0.1) is 0 Å². The quantitative estimate of drug-likeness (QED) is 0.855. The van der Waals surface area contributed by atoms with Crippen LogP contribution < -0.4 is 5.32 Å². The lowest BCUT2D eigenvalue weighted by Gasteiger charge is -2.33. The van der Waals surface area contributed by atoms with E-state index in [0.717, 1.165) is 52.1 Å². The molecule has 1 amide bonds. The molecule has 2 aliphatic heterocycles. The van der Waals surface area contributed by atoms with E-state index in [-0.39, 0.29) is 12.4 Å². The maximum absolute atomic E-state index is 12.8. The first-order chi connectivity index (χ1) is 12.8. The summed E-state index contributed by atoms with van der Waals surface area (Å²) in [7, 11) is 0. The number of piperazine rings is 1. The van der Waals surface area contributed by atoms with Crippen molar-refractivity contribution in [2.45, 2.75) is 50.5 Å². The van der Waals surface area contributed by atoms with Crippen molar-refractivity contribution in [3.63, 3.8) is 0 Å². The molecule has 1 N–H and O–H groups in total. The molecule has 1 aromatic carbocycles. The van der Waals surface area contributed by atoms with Crippen LogP contribution in [0.15, 0.2) is 30.3 Å². The number of nitrogens with one attached hydrogen (secondary N) is 1. The average Bonchev–Trinajstić information content (AvgIpc) is 3.20. The number of nitrogens with zero attached hydrogens (tertiary/aromatic N) is 2. The van der Waals surface area contributed by atoms with E-state index in [1.54, 1.807) is 0 Å². The molecule has 4 rings (SSSR count). The third kappa shape index (κ3) is 5.24. The Kier molecular flexibility index (Phi) is 7.57. The maximum Gasteiger partial charge on any atom is 0.222 e. The molecule has 1 aromatic rings.